The zero-order valence-electron chi connectivity index (χ0n) is 10.6. The maximum absolute atomic E-state index is 13.6. The average molecular weight is 250 g/mol. The van der Waals surface area contributed by atoms with E-state index in [1.54, 1.807) is 19.1 Å². The molecule has 0 saturated carbocycles. The molecule has 1 aliphatic heterocycles. The third-order valence-corrected chi connectivity index (χ3v) is 3.38. The Kier molecular flexibility index (Phi) is 4.31. The van der Waals surface area contributed by atoms with Crippen molar-refractivity contribution in [1.29, 1.82) is 0 Å². The van der Waals surface area contributed by atoms with Crippen LogP contribution in [0.5, 0.6) is 0 Å². The number of carbonyl (C=O) groups is 1. The molecule has 1 saturated heterocycles. The normalized spacial score (nSPS) is 16.6. The molecule has 0 spiro atoms. The van der Waals surface area contributed by atoms with E-state index in [0.717, 1.165) is 31.5 Å². The highest BCUT2D eigenvalue weighted by Crippen LogP contribution is 2.12. The average Bonchev–Trinajstić information content (AvgIpc) is 2.37. The number of carbonyl (C=O) groups excluding carboxylic acids is 1. The van der Waals surface area contributed by atoms with Crippen LogP contribution in [0.2, 0.25) is 0 Å². The molecule has 0 bridgehead atoms. The van der Waals surface area contributed by atoms with Crippen LogP contribution in [-0.4, -0.2) is 25.5 Å². The molecular weight excluding hydrogens is 231 g/mol. The fourth-order valence-electron chi connectivity index (χ4n) is 2.22. The summed E-state index contributed by atoms with van der Waals surface area (Å²) in [5, 5.41) is 6.10. The number of nitrogens with one attached hydrogen (secondary N) is 2. The van der Waals surface area contributed by atoms with Gasteiger partial charge >= 0.3 is 0 Å². The van der Waals surface area contributed by atoms with Gasteiger partial charge in [0.15, 0.2) is 0 Å². The molecule has 1 heterocycles. The fourth-order valence-corrected chi connectivity index (χ4v) is 2.22. The van der Waals surface area contributed by atoms with Crippen LogP contribution in [0.1, 0.15) is 28.8 Å². The van der Waals surface area contributed by atoms with Gasteiger partial charge in [0.05, 0.1) is 5.56 Å². The Morgan fingerprint density at radius 1 is 1.44 bits per heavy atom. The van der Waals surface area contributed by atoms with Gasteiger partial charge in [-0.15, -0.1) is 0 Å². The zero-order valence-corrected chi connectivity index (χ0v) is 10.6. The molecule has 0 atom stereocenters. The van der Waals surface area contributed by atoms with E-state index in [-0.39, 0.29) is 11.5 Å². The third-order valence-electron chi connectivity index (χ3n) is 3.38. The van der Waals surface area contributed by atoms with Crippen molar-refractivity contribution in [2.24, 2.45) is 5.92 Å². The predicted octanol–water partition coefficient (Wildman–Crippen LogP) is 1.86. The van der Waals surface area contributed by atoms with Gasteiger partial charge in [0, 0.05) is 6.54 Å². The van der Waals surface area contributed by atoms with E-state index in [9.17, 15) is 9.18 Å². The number of hydrogen-bond acceptors (Lipinski definition) is 2. The van der Waals surface area contributed by atoms with Crippen LogP contribution in [0.4, 0.5) is 4.39 Å². The molecule has 2 rings (SSSR count). The van der Waals surface area contributed by atoms with E-state index in [4.69, 9.17) is 0 Å². The van der Waals surface area contributed by atoms with E-state index in [1.807, 2.05) is 0 Å². The maximum atomic E-state index is 13.6. The summed E-state index contributed by atoms with van der Waals surface area (Å²) in [7, 11) is 0. The summed E-state index contributed by atoms with van der Waals surface area (Å²) in [6, 6.07) is 4.68. The van der Waals surface area contributed by atoms with Gasteiger partial charge in [-0.2, -0.15) is 0 Å². The molecule has 1 fully saturated rings. The number of amides is 1. The van der Waals surface area contributed by atoms with E-state index < -0.39 is 5.82 Å². The molecule has 1 aromatic rings. The van der Waals surface area contributed by atoms with Crippen molar-refractivity contribution >= 4 is 5.91 Å². The minimum atomic E-state index is -0.446. The van der Waals surface area contributed by atoms with Crippen molar-refractivity contribution in [3.05, 3.63) is 35.1 Å². The van der Waals surface area contributed by atoms with Crippen LogP contribution in [0, 0.1) is 18.7 Å². The van der Waals surface area contributed by atoms with Gasteiger partial charge in [-0.3, -0.25) is 4.79 Å². The topological polar surface area (TPSA) is 41.1 Å². The van der Waals surface area contributed by atoms with Crippen molar-refractivity contribution < 1.29 is 9.18 Å². The van der Waals surface area contributed by atoms with Crippen LogP contribution >= 0.6 is 0 Å². The molecule has 98 valence electrons. The van der Waals surface area contributed by atoms with Crippen LogP contribution in [0.3, 0.4) is 0 Å². The first-order chi connectivity index (χ1) is 8.66. The fraction of sp³-hybridized carbons (Fsp3) is 0.500. The molecule has 1 aromatic carbocycles. The van der Waals surface area contributed by atoms with Crippen LogP contribution < -0.4 is 10.6 Å². The lowest BCUT2D eigenvalue weighted by Gasteiger charge is -2.22. The van der Waals surface area contributed by atoms with Crippen LogP contribution in [-0.2, 0) is 0 Å². The van der Waals surface area contributed by atoms with E-state index in [2.05, 4.69) is 10.6 Å². The molecule has 18 heavy (non-hydrogen) atoms. The van der Waals surface area contributed by atoms with Gasteiger partial charge in [0.1, 0.15) is 5.82 Å². The number of piperidine rings is 1. The first kappa shape index (κ1) is 13.0. The lowest BCUT2D eigenvalue weighted by molar-refractivity contribution is 0.0940. The number of halogens is 1. The Labute approximate surface area is 107 Å². The van der Waals surface area contributed by atoms with Crippen molar-refractivity contribution in [2.45, 2.75) is 19.8 Å². The minimum absolute atomic E-state index is 0.134. The number of benzene rings is 1. The lowest BCUT2D eigenvalue weighted by Crippen LogP contribution is -2.36. The highest BCUT2D eigenvalue weighted by Gasteiger charge is 2.16. The van der Waals surface area contributed by atoms with Gasteiger partial charge in [0.25, 0.3) is 5.91 Å². The molecule has 1 aliphatic rings. The molecule has 0 aliphatic carbocycles. The summed E-state index contributed by atoms with van der Waals surface area (Å²) in [4.78, 5) is 11.9. The van der Waals surface area contributed by atoms with Gasteiger partial charge in [-0.1, -0.05) is 6.07 Å². The van der Waals surface area contributed by atoms with Gasteiger partial charge < -0.3 is 10.6 Å². The van der Waals surface area contributed by atoms with E-state index in [1.165, 1.54) is 6.07 Å². The Balaban J connectivity index is 1.90. The second-order valence-electron chi connectivity index (χ2n) is 4.89. The number of aryl methyl sites for hydroxylation is 1. The quantitative estimate of drug-likeness (QED) is 0.859. The molecule has 4 heteroatoms. The predicted molar refractivity (Wildman–Crippen MR) is 69.1 cm³/mol. The summed E-state index contributed by atoms with van der Waals surface area (Å²) in [6.07, 6.45) is 2.13. The van der Waals surface area contributed by atoms with E-state index >= 15 is 0 Å². The van der Waals surface area contributed by atoms with Crippen molar-refractivity contribution in [3.63, 3.8) is 0 Å². The summed E-state index contributed by atoms with van der Waals surface area (Å²) >= 11 is 0. The highest BCUT2D eigenvalue weighted by atomic mass is 19.1. The first-order valence-corrected chi connectivity index (χ1v) is 6.42. The Morgan fingerprint density at radius 3 is 2.83 bits per heavy atom. The number of rotatable bonds is 3. The largest absolute Gasteiger partial charge is 0.352 e. The standard InChI is InChI=1S/C14H19FN2O/c1-10-2-3-12(13(15)8-10)14(18)17-9-11-4-6-16-7-5-11/h2-3,8,11,16H,4-7,9H2,1H3,(H,17,18). The Morgan fingerprint density at radius 2 is 2.17 bits per heavy atom. The molecule has 0 radical (unpaired) electrons. The second-order valence-corrected chi connectivity index (χ2v) is 4.89. The molecule has 0 unspecified atom stereocenters. The van der Waals surface area contributed by atoms with Crippen molar-refractivity contribution in [3.8, 4) is 0 Å². The molecule has 2 N–H and O–H groups in total. The molecular formula is C14H19FN2O. The smallest absolute Gasteiger partial charge is 0.254 e. The van der Waals surface area contributed by atoms with E-state index in [0.29, 0.717) is 12.5 Å². The lowest BCUT2D eigenvalue weighted by atomic mass is 9.98. The second kappa shape index (κ2) is 5.96. The molecule has 1 amide bonds. The van der Waals surface area contributed by atoms with Crippen LogP contribution in [0.25, 0.3) is 0 Å². The zero-order chi connectivity index (χ0) is 13.0. The summed E-state index contributed by atoms with van der Waals surface area (Å²) in [6.45, 7) is 4.44. The number of hydrogen-bond donors (Lipinski definition) is 2. The van der Waals surface area contributed by atoms with Gasteiger partial charge in [0.2, 0.25) is 0 Å². The van der Waals surface area contributed by atoms with Gasteiger partial charge in [-0.05, 0) is 56.5 Å². The molecule has 3 nitrogen and oxygen atoms in total. The maximum Gasteiger partial charge on any atom is 0.254 e. The first-order valence-electron chi connectivity index (χ1n) is 6.42. The monoisotopic (exact) mass is 250 g/mol. The third kappa shape index (κ3) is 3.29. The summed E-state index contributed by atoms with van der Waals surface area (Å²) in [5.74, 6) is -0.257. The summed E-state index contributed by atoms with van der Waals surface area (Å²) < 4.78 is 13.6. The minimum Gasteiger partial charge on any atom is -0.352 e. The Hall–Kier alpha value is -1.42. The molecule has 0 aromatic heterocycles. The SMILES string of the molecule is Cc1ccc(C(=O)NCC2CCNCC2)c(F)c1. The van der Waals surface area contributed by atoms with Crippen LogP contribution in [0.15, 0.2) is 18.2 Å². The highest BCUT2D eigenvalue weighted by molar-refractivity contribution is 5.94. The van der Waals surface area contributed by atoms with Crippen molar-refractivity contribution in [1.82, 2.24) is 10.6 Å². The van der Waals surface area contributed by atoms with Gasteiger partial charge in [-0.25, -0.2) is 4.39 Å². The van der Waals surface area contributed by atoms with Crippen molar-refractivity contribution in [2.75, 3.05) is 19.6 Å². The Bertz CT molecular complexity index is 428. The summed E-state index contributed by atoms with van der Waals surface area (Å²) in [5.41, 5.74) is 0.955.